The highest BCUT2D eigenvalue weighted by molar-refractivity contribution is 7.18. The fourth-order valence-corrected chi connectivity index (χ4v) is 3.57. The van der Waals surface area contributed by atoms with Crippen LogP contribution in [0.4, 0.5) is 5.82 Å². The van der Waals surface area contributed by atoms with Gasteiger partial charge in [-0.1, -0.05) is 37.6 Å². The van der Waals surface area contributed by atoms with Crippen molar-refractivity contribution in [1.82, 2.24) is 9.97 Å². The predicted molar refractivity (Wildman–Crippen MR) is 99.8 cm³/mol. The quantitative estimate of drug-likeness (QED) is 0.673. The number of nitrogens with one attached hydrogen (secondary N) is 1. The van der Waals surface area contributed by atoms with Crippen LogP contribution in [0.2, 0.25) is 5.02 Å². The van der Waals surface area contributed by atoms with Crippen LogP contribution in [0.1, 0.15) is 30.1 Å². The summed E-state index contributed by atoms with van der Waals surface area (Å²) in [4.78, 5) is 11.8. The number of anilines is 1. The zero-order chi connectivity index (χ0) is 16.2. The zero-order valence-electron chi connectivity index (χ0n) is 13.4. The largest absolute Gasteiger partial charge is 0.369 e. The summed E-state index contributed by atoms with van der Waals surface area (Å²) in [6.07, 6.45) is 2.82. The number of benzene rings is 1. The van der Waals surface area contributed by atoms with E-state index in [0.717, 1.165) is 52.7 Å². The van der Waals surface area contributed by atoms with Crippen LogP contribution < -0.4 is 5.32 Å². The fourth-order valence-electron chi connectivity index (χ4n) is 2.46. The molecule has 0 fully saturated rings. The maximum absolute atomic E-state index is 5.92. The molecule has 0 saturated carbocycles. The van der Waals surface area contributed by atoms with Gasteiger partial charge in [0.05, 0.1) is 5.39 Å². The van der Waals surface area contributed by atoms with Crippen LogP contribution in [-0.4, -0.2) is 16.5 Å². The van der Waals surface area contributed by atoms with E-state index in [1.807, 2.05) is 12.1 Å². The number of hydrogen-bond acceptors (Lipinski definition) is 4. The molecule has 0 atom stereocenters. The molecule has 0 aliphatic heterocycles. The van der Waals surface area contributed by atoms with Gasteiger partial charge in [-0.25, -0.2) is 9.97 Å². The first-order valence-corrected chi connectivity index (χ1v) is 9.16. The number of hydrogen-bond donors (Lipinski definition) is 1. The molecular weight excluding hydrogens is 326 g/mol. The van der Waals surface area contributed by atoms with E-state index in [1.165, 1.54) is 10.4 Å². The summed E-state index contributed by atoms with van der Waals surface area (Å²) in [5.41, 5.74) is 1.27. The Morgan fingerprint density at radius 1 is 1.09 bits per heavy atom. The summed E-state index contributed by atoms with van der Waals surface area (Å²) >= 11 is 7.69. The fraction of sp³-hybridized carbons (Fsp3) is 0.333. The Morgan fingerprint density at radius 3 is 2.57 bits per heavy atom. The molecule has 3 aromatic rings. The number of aromatic nitrogens is 2. The van der Waals surface area contributed by atoms with Gasteiger partial charge < -0.3 is 5.32 Å². The van der Waals surface area contributed by atoms with E-state index >= 15 is 0 Å². The van der Waals surface area contributed by atoms with Crippen LogP contribution in [0.25, 0.3) is 10.2 Å². The van der Waals surface area contributed by atoms with Gasteiger partial charge in [0.25, 0.3) is 0 Å². The lowest BCUT2D eigenvalue weighted by Gasteiger charge is -2.08. The second-order valence-electron chi connectivity index (χ2n) is 5.43. The molecule has 0 spiro atoms. The molecule has 23 heavy (non-hydrogen) atoms. The zero-order valence-corrected chi connectivity index (χ0v) is 15.0. The molecule has 0 saturated heterocycles. The van der Waals surface area contributed by atoms with Crippen LogP contribution >= 0.6 is 22.9 Å². The molecule has 0 amide bonds. The average Bonchev–Trinajstić information content (AvgIpc) is 2.99. The first-order valence-electron chi connectivity index (χ1n) is 7.97. The lowest BCUT2D eigenvalue weighted by atomic mass is 10.1. The predicted octanol–water partition coefficient (Wildman–Crippen LogP) is 5.12. The van der Waals surface area contributed by atoms with Crippen molar-refractivity contribution in [1.29, 1.82) is 0 Å². The smallest absolute Gasteiger partial charge is 0.138 e. The second kappa shape index (κ2) is 7.28. The van der Waals surface area contributed by atoms with Gasteiger partial charge in [-0.15, -0.1) is 11.3 Å². The third kappa shape index (κ3) is 3.82. The van der Waals surface area contributed by atoms with E-state index in [2.05, 4.69) is 47.3 Å². The van der Waals surface area contributed by atoms with Crippen molar-refractivity contribution in [3.8, 4) is 0 Å². The first kappa shape index (κ1) is 16.2. The van der Waals surface area contributed by atoms with E-state index in [-0.39, 0.29) is 0 Å². The molecule has 120 valence electrons. The molecule has 2 heterocycles. The van der Waals surface area contributed by atoms with Crippen molar-refractivity contribution in [2.24, 2.45) is 0 Å². The minimum atomic E-state index is 0.775. The van der Waals surface area contributed by atoms with Crippen LogP contribution in [0, 0.1) is 0 Å². The van der Waals surface area contributed by atoms with Crippen molar-refractivity contribution in [3.05, 3.63) is 51.6 Å². The number of rotatable bonds is 6. The Kier molecular flexibility index (Phi) is 5.13. The Hall–Kier alpha value is -1.65. The molecule has 0 aliphatic carbocycles. The highest BCUT2D eigenvalue weighted by atomic mass is 35.5. The molecule has 0 aliphatic rings. The molecule has 2 aromatic heterocycles. The van der Waals surface area contributed by atoms with E-state index in [4.69, 9.17) is 11.6 Å². The van der Waals surface area contributed by atoms with Crippen LogP contribution in [-0.2, 0) is 19.3 Å². The Morgan fingerprint density at radius 2 is 1.87 bits per heavy atom. The van der Waals surface area contributed by atoms with Crippen molar-refractivity contribution >= 4 is 39.0 Å². The minimum Gasteiger partial charge on any atom is -0.369 e. The van der Waals surface area contributed by atoms with Gasteiger partial charge in [-0.3, -0.25) is 0 Å². The molecule has 0 unspecified atom stereocenters. The summed E-state index contributed by atoms with van der Waals surface area (Å²) < 4.78 is 0. The summed E-state index contributed by atoms with van der Waals surface area (Å²) in [7, 11) is 0. The molecule has 5 heteroatoms. The number of thiophene rings is 1. The maximum Gasteiger partial charge on any atom is 0.138 e. The number of halogens is 1. The normalized spacial score (nSPS) is 11.1. The number of fused-ring (bicyclic) bond motifs is 1. The van der Waals surface area contributed by atoms with Gasteiger partial charge in [-0.05, 0) is 36.6 Å². The van der Waals surface area contributed by atoms with Crippen molar-refractivity contribution in [2.45, 2.75) is 33.1 Å². The first-order chi connectivity index (χ1) is 11.2. The summed E-state index contributed by atoms with van der Waals surface area (Å²) in [5, 5.41) is 5.40. The highest BCUT2D eigenvalue weighted by Crippen LogP contribution is 2.29. The Labute approximate surface area is 145 Å². The molecule has 1 N–H and O–H groups in total. The third-order valence-corrected chi connectivity index (χ3v) is 5.20. The van der Waals surface area contributed by atoms with Gasteiger partial charge in [0.15, 0.2) is 0 Å². The Balaban J connectivity index is 1.78. The average molecular weight is 346 g/mol. The topological polar surface area (TPSA) is 37.8 Å². The van der Waals surface area contributed by atoms with Gasteiger partial charge in [0.2, 0.25) is 0 Å². The van der Waals surface area contributed by atoms with Crippen LogP contribution in [0.15, 0.2) is 30.3 Å². The molecular formula is C18H20ClN3S. The van der Waals surface area contributed by atoms with Crippen molar-refractivity contribution < 1.29 is 0 Å². The summed E-state index contributed by atoms with van der Waals surface area (Å²) in [5.74, 6) is 1.85. The summed E-state index contributed by atoms with van der Waals surface area (Å²) in [6.45, 7) is 5.10. The van der Waals surface area contributed by atoms with Gasteiger partial charge in [0.1, 0.15) is 16.5 Å². The van der Waals surface area contributed by atoms with Crippen molar-refractivity contribution in [3.63, 3.8) is 0 Å². The second-order valence-corrected chi connectivity index (χ2v) is 6.98. The standard InChI is InChI=1S/C18H20ClN3S/c1-3-14-11-15-17(21-16(4-2)22-18(15)23-14)20-10-9-12-5-7-13(19)8-6-12/h5-8,11H,3-4,9-10H2,1-2H3,(H,20,21,22). The lowest BCUT2D eigenvalue weighted by molar-refractivity contribution is 0.946. The van der Waals surface area contributed by atoms with E-state index in [1.54, 1.807) is 11.3 Å². The molecule has 3 nitrogen and oxygen atoms in total. The van der Waals surface area contributed by atoms with Gasteiger partial charge in [0, 0.05) is 22.9 Å². The SMILES string of the molecule is CCc1nc(NCCc2ccc(Cl)cc2)c2cc(CC)sc2n1. The molecule has 3 rings (SSSR count). The van der Waals surface area contributed by atoms with E-state index < -0.39 is 0 Å². The van der Waals surface area contributed by atoms with Gasteiger partial charge >= 0.3 is 0 Å². The third-order valence-electron chi connectivity index (χ3n) is 3.77. The summed E-state index contributed by atoms with van der Waals surface area (Å²) in [6, 6.07) is 10.2. The highest BCUT2D eigenvalue weighted by Gasteiger charge is 2.10. The molecule has 0 bridgehead atoms. The monoisotopic (exact) mass is 345 g/mol. The van der Waals surface area contributed by atoms with Crippen LogP contribution in [0.3, 0.4) is 0 Å². The van der Waals surface area contributed by atoms with E-state index in [9.17, 15) is 0 Å². The minimum absolute atomic E-state index is 0.775. The van der Waals surface area contributed by atoms with Crippen LogP contribution in [0.5, 0.6) is 0 Å². The van der Waals surface area contributed by atoms with Crippen molar-refractivity contribution in [2.75, 3.05) is 11.9 Å². The maximum atomic E-state index is 5.92. The van der Waals surface area contributed by atoms with Gasteiger partial charge in [-0.2, -0.15) is 0 Å². The number of aryl methyl sites for hydroxylation is 2. The number of nitrogens with zero attached hydrogens (tertiary/aromatic N) is 2. The molecule has 0 radical (unpaired) electrons. The lowest BCUT2D eigenvalue weighted by Crippen LogP contribution is -2.08. The molecule has 1 aromatic carbocycles. The van der Waals surface area contributed by atoms with E-state index in [0.29, 0.717) is 0 Å². The Bertz CT molecular complexity index is 796.